The molecule has 140 valence electrons. The standard InChI is InChI=1S/C17H18Cl2N2O4S/c1-11(15-8-3-12(18)9-16(15)19)21-17(22)10-20-26(23,24)14-6-4-13(25-2)5-7-14/h3-9,11,20H,10H2,1-2H3,(H,21,22). The largest absolute Gasteiger partial charge is 0.497 e. The lowest BCUT2D eigenvalue weighted by Gasteiger charge is -2.16. The average molecular weight is 417 g/mol. The maximum Gasteiger partial charge on any atom is 0.241 e. The quantitative estimate of drug-likeness (QED) is 0.725. The number of methoxy groups -OCH3 is 1. The van der Waals surface area contributed by atoms with Crippen LogP contribution >= 0.6 is 23.2 Å². The summed E-state index contributed by atoms with van der Waals surface area (Å²) in [5.74, 6) is 0.0518. The van der Waals surface area contributed by atoms with Gasteiger partial charge in [0.05, 0.1) is 24.6 Å². The van der Waals surface area contributed by atoms with Gasteiger partial charge in [0.25, 0.3) is 0 Å². The number of carbonyl (C=O) groups excluding carboxylic acids is 1. The number of halogens is 2. The highest BCUT2D eigenvalue weighted by Gasteiger charge is 2.17. The van der Waals surface area contributed by atoms with Gasteiger partial charge >= 0.3 is 0 Å². The summed E-state index contributed by atoms with van der Waals surface area (Å²) < 4.78 is 31.7. The topological polar surface area (TPSA) is 84.5 Å². The Labute approximate surface area is 162 Å². The first-order chi connectivity index (χ1) is 12.2. The smallest absolute Gasteiger partial charge is 0.241 e. The van der Waals surface area contributed by atoms with Gasteiger partial charge in [-0.2, -0.15) is 0 Å². The predicted octanol–water partition coefficient (Wildman–Crippen LogP) is 3.16. The summed E-state index contributed by atoms with van der Waals surface area (Å²) in [4.78, 5) is 12.1. The van der Waals surface area contributed by atoms with Crippen molar-refractivity contribution in [3.63, 3.8) is 0 Å². The molecule has 2 N–H and O–H groups in total. The minimum atomic E-state index is -3.80. The van der Waals surface area contributed by atoms with E-state index in [1.807, 2.05) is 0 Å². The first-order valence-corrected chi connectivity index (χ1v) is 9.85. The Bertz CT molecular complexity index is 886. The normalized spacial score (nSPS) is 12.5. The first-order valence-electron chi connectivity index (χ1n) is 7.61. The zero-order valence-corrected chi connectivity index (χ0v) is 16.5. The van der Waals surface area contributed by atoms with Crippen LogP contribution in [-0.4, -0.2) is 28.0 Å². The van der Waals surface area contributed by atoms with Gasteiger partial charge in [0, 0.05) is 10.0 Å². The Balaban J connectivity index is 1.96. The molecule has 0 saturated heterocycles. The number of rotatable bonds is 7. The predicted molar refractivity (Wildman–Crippen MR) is 101 cm³/mol. The minimum Gasteiger partial charge on any atom is -0.497 e. The van der Waals surface area contributed by atoms with E-state index in [1.54, 1.807) is 25.1 Å². The fourth-order valence-corrected chi connectivity index (χ4v) is 3.78. The second-order valence-corrected chi connectivity index (χ2v) is 8.07. The van der Waals surface area contributed by atoms with Crippen LogP contribution < -0.4 is 14.8 Å². The van der Waals surface area contributed by atoms with Crippen molar-refractivity contribution >= 4 is 39.1 Å². The van der Waals surface area contributed by atoms with Crippen molar-refractivity contribution in [1.29, 1.82) is 0 Å². The molecule has 0 radical (unpaired) electrons. The molecule has 6 nitrogen and oxygen atoms in total. The van der Waals surface area contributed by atoms with Gasteiger partial charge < -0.3 is 10.1 Å². The Hall–Kier alpha value is -1.80. The molecule has 2 rings (SSSR count). The van der Waals surface area contributed by atoms with E-state index in [9.17, 15) is 13.2 Å². The molecular formula is C17H18Cl2N2O4S. The highest BCUT2D eigenvalue weighted by atomic mass is 35.5. The molecule has 26 heavy (non-hydrogen) atoms. The fraction of sp³-hybridized carbons (Fsp3) is 0.235. The van der Waals surface area contributed by atoms with Crippen LogP contribution in [0.1, 0.15) is 18.5 Å². The minimum absolute atomic E-state index is 0.0416. The number of amides is 1. The highest BCUT2D eigenvalue weighted by Crippen LogP contribution is 2.26. The second-order valence-electron chi connectivity index (χ2n) is 5.46. The lowest BCUT2D eigenvalue weighted by molar-refractivity contribution is -0.120. The Morgan fingerprint density at radius 2 is 1.81 bits per heavy atom. The molecule has 0 spiro atoms. The van der Waals surface area contributed by atoms with Gasteiger partial charge in [-0.1, -0.05) is 29.3 Å². The van der Waals surface area contributed by atoms with Crippen LogP contribution in [0.5, 0.6) is 5.75 Å². The summed E-state index contributed by atoms with van der Waals surface area (Å²) in [6.45, 7) is 1.34. The fourth-order valence-electron chi connectivity index (χ4n) is 2.22. The number of ether oxygens (including phenoxy) is 1. The summed E-state index contributed by atoms with van der Waals surface area (Å²) in [6.07, 6.45) is 0. The lowest BCUT2D eigenvalue weighted by Crippen LogP contribution is -2.38. The van der Waals surface area contributed by atoms with Crippen molar-refractivity contribution in [2.75, 3.05) is 13.7 Å². The summed E-state index contributed by atoms with van der Waals surface area (Å²) in [6, 6.07) is 10.4. The van der Waals surface area contributed by atoms with E-state index in [-0.39, 0.29) is 4.90 Å². The molecule has 1 unspecified atom stereocenters. The number of benzene rings is 2. The van der Waals surface area contributed by atoms with Crippen molar-refractivity contribution in [3.05, 3.63) is 58.1 Å². The van der Waals surface area contributed by atoms with Crippen molar-refractivity contribution < 1.29 is 17.9 Å². The van der Waals surface area contributed by atoms with Gasteiger partial charge in [-0.25, -0.2) is 13.1 Å². The van der Waals surface area contributed by atoms with Crippen LogP contribution in [0.15, 0.2) is 47.4 Å². The Morgan fingerprint density at radius 3 is 2.38 bits per heavy atom. The zero-order valence-electron chi connectivity index (χ0n) is 14.1. The van der Waals surface area contributed by atoms with E-state index in [2.05, 4.69) is 10.0 Å². The molecule has 0 bridgehead atoms. The molecule has 0 aromatic heterocycles. The molecule has 0 aliphatic rings. The SMILES string of the molecule is COc1ccc(S(=O)(=O)NCC(=O)NC(C)c2ccc(Cl)cc2Cl)cc1. The van der Waals surface area contributed by atoms with Crippen LogP contribution in [-0.2, 0) is 14.8 Å². The number of carbonyl (C=O) groups is 1. The van der Waals surface area contributed by atoms with Gasteiger partial charge in [0.2, 0.25) is 15.9 Å². The number of nitrogens with one attached hydrogen (secondary N) is 2. The van der Waals surface area contributed by atoms with Crippen LogP contribution in [0, 0.1) is 0 Å². The average Bonchev–Trinajstić information content (AvgIpc) is 2.60. The number of hydrogen-bond acceptors (Lipinski definition) is 4. The van der Waals surface area contributed by atoms with Gasteiger partial charge in [-0.15, -0.1) is 0 Å². The molecular weight excluding hydrogens is 399 g/mol. The monoisotopic (exact) mass is 416 g/mol. The number of hydrogen-bond donors (Lipinski definition) is 2. The summed E-state index contributed by atoms with van der Waals surface area (Å²) in [5.41, 5.74) is 0.683. The van der Waals surface area contributed by atoms with Crippen molar-refractivity contribution in [1.82, 2.24) is 10.0 Å². The maximum atomic E-state index is 12.2. The maximum absolute atomic E-state index is 12.2. The molecule has 0 fully saturated rings. The van der Waals surface area contributed by atoms with Gasteiger partial charge in [0.1, 0.15) is 5.75 Å². The molecule has 9 heteroatoms. The summed E-state index contributed by atoms with van der Waals surface area (Å²) in [7, 11) is -2.32. The van der Waals surface area contributed by atoms with E-state index in [4.69, 9.17) is 27.9 Å². The van der Waals surface area contributed by atoms with E-state index >= 15 is 0 Å². The molecule has 0 aliphatic heterocycles. The molecule has 1 atom stereocenters. The lowest BCUT2D eigenvalue weighted by atomic mass is 10.1. The Morgan fingerprint density at radius 1 is 1.15 bits per heavy atom. The first kappa shape index (κ1) is 20.5. The Kier molecular flexibility index (Phi) is 6.88. The second kappa shape index (κ2) is 8.73. The van der Waals surface area contributed by atoms with Crippen molar-refractivity contribution in [2.24, 2.45) is 0 Å². The molecule has 2 aromatic carbocycles. The van der Waals surface area contributed by atoms with E-state index in [1.165, 1.54) is 31.4 Å². The van der Waals surface area contributed by atoms with Crippen LogP contribution in [0.4, 0.5) is 0 Å². The van der Waals surface area contributed by atoms with Crippen molar-refractivity contribution in [3.8, 4) is 5.75 Å². The van der Waals surface area contributed by atoms with E-state index in [0.29, 0.717) is 21.4 Å². The van der Waals surface area contributed by atoms with Gasteiger partial charge in [0.15, 0.2) is 0 Å². The molecule has 0 saturated carbocycles. The van der Waals surface area contributed by atoms with Gasteiger partial charge in [-0.3, -0.25) is 4.79 Å². The molecule has 1 amide bonds. The van der Waals surface area contributed by atoms with Crippen LogP contribution in [0.3, 0.4) is 0 Å². The third-order valence-electron chi connectivity index (χ3n) is 3.60. The molecule has 0 aliphatic carbocycles. The molecule has 0 heterocycles. The van der Waals surface area contributed by atoms with Crippen LogP contribution in [0.25, 0.3) is 0 Å². The third kappa shape index (κ3) is 5.35. The van der Waals surface area contributed by atoms with E-state index < -0.39 is 28.5 Å². The summed E-state index contributed by atoms with van der Waals surface area (Å²) in [5, 5.41) is 3.60. The van der Waals surface area contributed by atoms with Crippen LogP contribution in [0.2, 0.25) is 10.0 Å². The number of sulfonamides is 1. The molecule has 2 aromatic rings. The van der Waals surface area contributed by atoms with E-state index in [0.717, 1.165) is 0 Å². The zero-order chi connectivity index (χ0) is 19.3. The van der Waals surface area contributed by atoms with Gasteiger partial charge in [-0.05, 0) is 48.9 Å². The summed E-state index contributed by atoms with van der Waals surface area (Å²) >= 11 is 12.0. The van der Waals surface area contributed by atoms with Crippen molar-refractivity contribution in [2.45, 2.75) is 17.9 Å². The highest BCUT2D eigenvalue weighted by molar-refractivity contribution is 7.89. The third-order valence-corrected chi connectivity index (χ3v) is 5.58.